The molecule has 0 aliphatic heterocycles. The highest BCUT2D eigenvalue weighted by atomic mass is 16.5. The van der Waals surface area contributed by atoms with Gasteiger partial charge in [0.2, 0.25) is 0 Å². The zero-order chi connectivity index (χ0) is 11.0. The molecule has 80 valence electrons. The third kappa shape index (κ3) is 4.61. The Morgan fingerprint density at radius 2 is 2.21 bits per heavy atom. The summed E-state index contributed by atoms with van der Waals surface area (Å²) in [5.41, 5.74) is 4.97. The first-order chi connectivity index (χ1) is 6.63. The fourth-order valence-corrected chi connectivity index (χ4v) is 0.748. The Morgan fingerprint density at radius 3 is 2.64 bits per heavy atom. The molecule has 5 nitrogen and oxygen atoms in total. The van der Waals surface area contributed by atoms with Gasteiger partial charge in [-0.15, -0.1) is 0 Å². The van der Waals surface area contributed by atoms with E-state index in [9.17, 15) is 9.59 Å². The minimum absolute atomic E-state index is 0.111. The van der Waals surface area contributed by atoms with Gasteiger partial charge in [0, 0.05) is 6.61 Å². The number of hydrogen-bond acceptors (Lipinski definition) is 3. The summed E-state index contributed by atoms with van der Waals surface area (Å²) in [6, 6.07) is -0.827. The smallest absolute Gasteiger partial charge is 0.323 e. The van der Waals surface area contributed by atoms with Crippen LogP contribution < -0.4 is 5.73 Å². The molecule has 0 aliphatic rings. The highest BCUT2D eigenvalue weighted by Crippen LogP contribution is 1.94. The second kappa shape index (κ2) is 7.08. The SMILES string of the molecule is C=CC(=O)N(COCCCC)C(N)=O. The molecule has 0 radical (unpaired) electrons. The average Bonchev–Trinajstić information content (AvgIpc) is 2.16. The summed E-state index contributed by atoms with van der Waals surface area (Å²) in [6.07, 6.45) is 2.90. The molecule has 0 unspecified atom stereocenters. The first-order valence-corrected chi connectivity index (χ1v) is 4.44. The van der Waals surface area contributed by atoms with Crippen molar-refractivity contribution in [2.45, 2.75) is 19.8 Å². The topological polar surface area (TPSA) is 72.6 Å². The van der Waals surface area contributed by atoms with E-state index in [0.717, 1.165) is 23.8 Å². The van der Waals surface area contributed by atoms with Crippen molar-refractivity contribution in [3.05, 3.63) is 12.7 Å². The third-order valence-corrected chi connectivity index (χ3v) is 1.57. The Kier molecular flexibility index (Phi) is 6.39. The molecule has 0 atom stereocenters. The molecule has 5 heteroatoms. The lowest BCUT2D eigenvalue weighted by molar-refractivity contribution is -0.127. The lowest BCUT2D eigenvalue weighted by Crippen LogP contribution is -2.41. The summed E-state index contributed by atoms with van der Waals surface area (Å²) >= 11 is 0. The lowest BCUT2D eigenvalue weighted by Gasteiger charge is -2.16. The quantitative estimate of drug-likeness (QED) is 0.392. The Labute approximate surface area is 83.5 Å². The molecule has 14 heavy (non-hydrogen) atoms. The molecule has 0 aromatic heterocycles. The molecular weight excluding hydrogens is 184 g/mol. The third-order valence-electron chi connectivity index (χ3n) is 1.57. The van der Waals surface area contributed by atoms with Crippen molar-refractivity contribution in [3.63, 3.8) is 0 Å². The van der Waals surface area contributed by atoms with Crippen LogP contribution in [0.3, 0.4) is 0 Å². The minimum Gasteiger partial charge on any atom is -0.360 e. The number of carbonyl (C=O) groups excluding carboxylic acids is 2. The zero-order valence-corrected chi connectivity index (χ0v) is 8.36. The molecule has 0 saturated heterocycles. The van der Waals surface area contributed by atoms with E-state index < -0.39 is 11.9 Å². The number of nitrogens with two attached hydrogens (primary N) is 1. The van der Waals surface area contributed by atoms with Gasteiger partial charge < -0.3 is 10.5 Å². The number of carbonyl (C=O) groups is 2. The molecule has 0 aromatic rings. The molecule has 0 aromatic carbocycles. The number of unbranched alkanes of at least 4 members (excludes halogenated alkanes) is 1. The van der Waals surface area contributed by atoms with Crippen molar-refractivity contribution in [1.82, 2.24) is 4.90 Å². The fourth-order valence-electron chi connectivity index (χ4n) is 0.748. The Morgan fingerprint density at radius 1 is 1.57 bits per heavy atom. The molecule has 0 fully saturated rings. The summed E-state index contributed by atoms with van der Waals surface area (Å²) in [6.45, 7) is 5.67. The molecule has 2 N–H and O–H groups in total. The summed E-state index contributed by atoms with van der Waals surface area (Å²) in [5, 5.41) is 0. The summed E-state index contributed by atoms with van der Waals surface area (Å²) in [4.78, 5) is 22.6. The molecule has 3 amide bonds. The van der Waals surface area contributed by atoms with Crippen LogP contribution in [0.25, 0.3) is 0 Å². The molecular formula is C9H16N2O3. The van der Waals surface area contributed by atoms with Crippen LogP contribution in [0.2, 0.25) is 0 Å². The predicted octanol–water partition coefficient (Wildman–Crippen LogP) is 0.854. The van der Waals surface area contributed by atoms with E-state index in [1.807, 2.05) is 6.92 Å². The molecule has 0 heterocycles. The number of amides is 3. The summed E-state index contributed by atoms with van der Waals surface area (Å²) in [7, 11) is 0. The van der Waals surface area contributed by atoms with Gasteiger partial charge in [-0.3, -0.25) is 4.79 Å². The van der Waals surface area contributed by atoms with Crippen LogP contribution >= 0.6 is 0 Å². The van der Waals surface area contributed by atoms with Gasteiger partial charge in [-0.05, 0) is 12.5 Å². The average molecular weight is 200 g/mol. The van der Waals surface area contributed by atoms with Crippen molar-refractivity contribution >= 4 is 11.9 Å². The second-order valence-corrected chi connectivity index (χ2v) is 2.70. The largest absolute Gasteiger partial charge is 0.360 e. The zero-order valence-electron chi connectivity index (χ0n) is 8.36. The monoisotopic (exact) mass is 200 g/mol. The van der Waals surface area contributed by atoms with Crippen molar-refractivity contribution in [1.29, 1.82) is 0 Å². The number of primary amides is 1. The van der Waals surface area contributed by atoms with E-state index in [1.54, 1.807) is 0 Å². The number of nitrogens with zero attached hydrogens (tertiary/aromatic N) is 1. The molecule has 0 spiro atoms. The second-order valence-electron chi connectivity index (χ2n) is 2.70. The van der Waals surface area contributed by atoms with Gasteiger partial charge in [-0.2, -0.15) is 0 Å². The molecule has 0 rings (SSSR count). The molecule has 0 saturated carbocycles. The highest BCUT2D eigenvalue weighted by Gasteiger charge is 2.15. The van der Waals surface area contributed by atoms with E-state index in [4.69, 9.17) is 10.5 Å². The van der Waals surface area contributed by atoms with Gasteiger partial charge in [-0.1, -0.05) is 19.9 Å². The minimum atomic E-state index is -0.827. The van der Waals surface area contributed by atoms with Crippen molar-refractivity contribution in [2.75, 3.05) is 13.3 Å². The van der Waals surface area contributed by atoms with Crippen molar-refractivity contribution < 1.29 is 14.3 Å². The normalized spacial score (nSPS) is 9.50. The van der Waals surface area contributed by atoms with Gasteiger partial charge in [0.1, 0.15) is 6.73 Å². The summed E-state index contributed by atoms with van der Waals surface area (Å²) in [5.74, 6) is -0.547. The Balaban J connectivity index is 3.92. The number of hydrogen-bond donors (Lipinski definition) is 1. The molecule has 0 bridgehead atoms. The maximum Gasteiger partial charge on any atom is 0.323 e. The van der Waals surface area contributed by atoms with Crippen LogP contribution in [0, 0.1) is 0 Å². The van der Waals surface area contributed by atoms with Gasteiger partial charge in [0.25, 0.3) is 5.91 Å². The van der Waals surface area contributed by atoms with E-state index in [2.05, 4.69) is 6.58 Å². The van der Waals surface area contributed by atoms with E-state index in [1.165, 1.54) is 0 Å². The highest BCUT2D eigenvalue weighted by molar-refractivity contribution is 5.99. The standard InChI is InChI=1S/C9H16N2O3/c1-3-5-6-14-7-11(9(10)13)8(12)4-2/h4H,2-3,5-7H2,1H3,(H2,10,13). The Hall–Kier alpha value is -1.36. The van der Waals surface area contributed by atoms with Crippen LogP contribution in [-0.4, -0.2) is 30.2 Å². The number of imide groups is 1. The van der Waals surface area contributed by atoms with Crippen LogP contribution in [0.1, 0.15) is 19.8 Å². The van der Waals surface area contributed by atoms with Crippen LogP contribution in [0.5, 0.6) is 0 Å². The summed E-state index contributed by atoms with van der Waals surface area (Å²) < 4.78 is 5.08. The number of ether oxygens (including phenoxy) is 1. The van der Waals surface area contributed by atoms with Gasteiger partial charge in [0.05, 0.1) is 0 Å². The van der Waals surface area contributed by atoms with E-state index in [-0.39, 0.29) is 6.73 Å². The van der Waals surface area contributed by atoms with E-state index in [0.29, 0.717) is 6.61 Å². The first kappa shape index (κ1) is 12.6. The van der Waals surface area contributed by atoms with E-state index >= 15 is 0 Å². The van der Waals surface area contributed by atoms with Crippen LogP contribution in [0.15, 0.2) is 12.7 Å². The molecule has 0 aliphatic carbocycles. The van der Waals surface area contributed by atoms with Gasteiger partial charge >= 0.3 is 6.03 Å². The first-order valence-electron chi connectivity index (χ1n) is 4.44. The number of urea groups is 1. The van der Waals surface area contributed by atoms with Gasteiger partial charge in [-0.25, -0.2) is 9.69 Å². The Bertz CT molecular complexity index is 216. The predicted molar refractivity (Wildman–Crippen MR) is 52.4 cm³/mol. The van der Waals surface area contributed by atoms with Gasteiger partial charge in [0.15, 0.2) is 0 Å². The number of rotatable bonds is 6. The van der Waals surface area contributed by atoms with Crippen LogP contribution in [-0.2, 0) is 9.53 Å². The van der Waals surface area contributed by atoms with Crippen molar-refractivity contribution in [2.24, 2.45) is 5.73 Å². The van der Waals surface area contributed by atoms with Crippen molar-refractivity contribution in [3.8, 4) is 0 Å². The fraction of sp³-hybridized carbons (Fsp3) is 0.556. The lowest BCUT2D eigenvalue weighted by atomic mass is 10.4. The maximum atomic E-state index is 11.0. The maximum absolute atomic E-state index is 11.0. The van der Waals surface area contributed by atoms with Crippen LogP contribution in [0.4, 0.5) is 4.79 Å².